The van der Waals surface area contributed by atoms with Crippen LogP contribution in [-0.4, -0.2) is 39.6 Å². The van der Waals surface area contributed by atoms with Crippen LogP contribution in [0.5, 0.6) is 5.75 Å². The number of aromatic nitrogens is 1. The summed E-state index contributed by atoms with van der Waals surface area (Å²) in [6, 6.07) is 2.87. The van der Waals surface area contributed by atoms with E-state index in [-0.39, 0.29) is 17.2 Å². The van der Waals surface area contributed by atoms with Crippen molar-refractivity contribution in [2.75, 3.05) is 18.0 Å². The van der Waals surface area contributed by atoms with Crippen molar-refractivity contribution in [3.63, 3.8) is 0 Å². The number of anilines is 1. The number of carbonyl (C=O) groups is 1. The van der Waals surface area contributed by atoms with Crippen LogP contribution in [0.15, 0.2) is 23.1 Å². The first-order valence-electron chi connectivity index (χ1n) is 8.52. The number of pyridine rings is 1. The molecule has 8 heteroatoms. The lowest BCUT2D eigenvalue weighted by Crippen LogP contribution is -2.30. The molecule has 7 nitrogen and oxygen atoms in total. The number of halogens is 1. The maximum Gasteiger partial charge on any atom is 0.511 e. The van der Waals surface area contributed by atoms with Gasteiger partial charge in [-0.15, -0.1) is 0 Å². The second kappa shape index (κ2) is 5.70. The standard InChI is InChI=1S/C18H19FN2O5/c1-18(25)4-5-20(9-18)14-7-13-11(6-12(14)19)16(22)15(26-17(23)24)8-21(13)10-2-3-10/h6-8,10,25H,2-5,9H2,1H3,(H,23,24). The molecule has 4 rings (SSSR count). The molecule has 1 saturated heterocycles. The summed E-state index contributed by atoms with van der Waals surface area (Å²) >= 11 is 0. The highest BCUT2D eigenvalue weighted by molar-refractivity contribution is 5.85. The molecule has 2 heterocycles. The van der Waals surface area contributed by atoms with Crippen molar-refractivity contribution in [2.45, 2.75) is 37.8 Å². The largest absolute Gasteiger partial charge is 0.511 e. The molecule has 1 saturated carbocycles. The summed E-state index contributed by atoms with van der Waals surface area (Å²) < 4.78 is 21.1. The van der Waals surface area contributed by atoms with Gasteiger partial charge in [-0.1, -0.05) is 0 Å². The highest BCUT2D eigenvalue weighted by Gasteiger charge is 2.33. The van der Waals surface area contributed by atoms with Crippen LogP contribution < -0.4 is 15.1 Å². The van der Waals surface area contributed by atoms with E-state index in [4.69, 9.17) is 5.11 Å². The minimum Gasteiger partial charge on any atom is -0.449 e. The fourth-order valence-corrected chi connectivity index (χ4v) is 3.55. The average molecular weight is 362 g/mol. The minimum absolute atomic E-state index is 0.0860. The number of hydrogen-bond donors (Lipinski definition) is 2. The third kappa shape index (κ3) is 2.90. The molecule has 0 radical (unpaired) electrons. The first-order chi connectivity index (χ1) is 12.2. The lowest BCUT2D eigenvalue weighted by Gasteiger charge is -2.22. The molecular formula is C18H19FN2O5. The Morgan fingerprint density at radius 2 is 2.12 bits per heavy atom. The monoisotopic (exact) mass is 362 g/mol. The molecule has 1 aromatic carbocycles. The Morgan fingerprint density at radius 3 is 2.69 bits per heavy atom. The number of fused-ring (bicyclic) bond motifs is 1. The van der Waals surface area contributed by atoms with Crippen molar-refractivity contribution in [1.82, 2.24) is 4.57 Å². The van der Waals surface area contributed by atoms with Crippen molar-refractivity contribution >= 4 is 22.7 Å². The highest BCUT2D eigenvalue weighted by Crippen LogP contribution is 2.39. The lowest BCUT2D eigenvalue weighted by molar-refractivity contribution is 0.0839. The van der Waals surface area contributed by atoms with Crippen LogP contribution in [-0.2, 0) is 0 Å². The van der Waals surface area contributed by atoms with Gasteiger partial charge in [0.05, 0.1) is 28.4 Å². The first kappa shape index (κ1) is 16.8. The van der Waals surface area contributed by atoms with E-state index in [9.17, 15) is 19.1 Å². The van der Waals surface area contributed by atoms with E-state index in [0.717, 1.165) is 18.9 Å². The maximum absolute atomic E-state index is 14.7. The Balaban J connectivity index is 1.88. The lowest BCUT2D eigenvalue weighted by atomic mass is 10.1. The van der Waals surface area contributed by atoms with Crippen molar-refractivity contribution < 1.29 is 24.1 Å². The molecule has 2 aliphatic rings. The van der Waals surface area contributed by atoms with Gasteiger partial charge in [-0.25, -0.2) is 9.18 Å². The number of benzene rings is 1. The van der Waals surface area contributed by atoms with E-state index >= 15 is 0 Å². The molecule has 1 aliphatic carbocycles. The van der Waals surface area contributed by atoms with E-state index in [1.54, 1.807) is 22.5 Å². The fourth-order valence-electron chi connectivity index (χ4n) is 3.55. The third-order valence-electron chi connectivity index (χ3n) is 5.00. The minimum atomic E-state index is -1.58. The van der Waals surface area contributed by atoms with Crippen LogP contribution in [0.3, 0.4) is 0 Å². The molecule has 1 atom stereocenters. The zero-order chi connectivity index (χ0) is 18.6. The molecule has 26 heavy (non-hydrogen) atoms. The number of hydrogen-bond acceptors (Lipinski definition) is 5. The average Bonchev–Trinajstić information content (AvgIpc) is 3.33. The molecule has 2 fully saturated rings. The Hall–Kier alpha value is -2.61. The zero-order valence-electron chi connectivity index (χ0n) is 14.2. The summed E-state index contributed by atoms with van der Waals surface area (Å²) in [5, 5.41) is 19.1. The van der Waals surface area contributed by atoms with Gasteiger partial charge >= 0.3 is 6.16 Å². The summed E-state index contributed by atoms with van der Waals surface area (Å²) in [7, 11) is 0. The molecule has 0 bridgehead atoms. The van der Waals surface area contributed by atoms with Crippen LogP contribution in [0.2, 0.25) is 0 Å². The number of β-amino-alcohol motifs (C(OH)–C–C–N with tert-alkyl or cyclic N) is 1. The molecule has 0 spiro atoms. The second-order valence-electron chi connectivity index (χ2n) is 7.32. The van der Waals surface area contributed by atoms with Crippen LogP contribution in [0.25, 0.3) is 10.9 Å². The van der Waals surface area contributed by atoms with Gasteiger partial charge in [0.15, 0.2) is 5.75 Å². The van der Waals surface area contributed by atoms with E-state index < -0.39 is 23.0 Å². The zero-order valence-corrected chi connectivity index (χ0v) is 14.2. The topological polar surface area (TPSA) is 92.0 Å². The van der Waals surface area contributed by atoms with Crippen LogP contribution in [0.4, 0.5) is 14.9 Å². The van der Waals surface area contributed by atoms with E-state index in [2.05, 4.69) is 4.74 Å². The quantitative estimate of drug-likeness (QED) is 0.815. The molecule has 138 valence electrons. The molecule has 2 N–H and O–H groups in total. The molecular weight excluding hydrogens is 343 g/mol. The number of ether oxygens (including phenoxy) is 1. The highest BCUT2D eigenvalue weighted by atomic mass is 19.1. The summed E-state index contributed by atoms with van der Waals surface area (Å²) in [5.41, 5.74) is -0.663. The Bertz CT molecular complexity index is 964. The summed E-state index contributed by atoms with van der Waals surface area (Å²) in [4.78, 5) is 25.1. The van der Waals surface area contributed by atoms with Crippen LogP contribution in [0, 0.1) is 5.82 Å². The number of nitrogens with zero attached hydrogens (tertiary/aromatic N) is 2. The molecule has 1 aromatic heterocycles. The Kier molecular flexibility index (Phi) is 3.69. The van der Waals surface area contributed by atoms with Crippen LogP contribution in [0.1, 0.15) is 32.2 Å². The van der Waals surface area contributed by atoms with Gasteiger partial charge in [-0.3, -0.25) is 4.79 Å². The molecule has 0 amide bonds. The third-order valence-corrected chi connectivity index (χ3v) is 5.00. The second-order valence-corrected chi connectivity index (χ2v) is 7.32. The maximum atomic E-state index is 14.7. The van der Waals surface area contributed by atoms with Crippen LogP contribution >= 0.6 is 0 Å². The molecule has 1 aliphatic heterocycles. The van der Waals surface area contributed by atoms with Gasteiger partial charge < -0.3 is 24.4 Å². The molecule has 1 unspecified atom stereocenters. The smallest absolute Gasteiger partial charge is 0.449 e. The predicted molar refractivity (Wildman–Crippen MR) is 92.5 cm³/mol. The van der Waals surface area contributed by atoms with Crippen molar-refractivity contribution in [3.8, 4) is 5.75 Å². The van der Waals surface area contributed by atoms with Gasteiger partial charge in [0.25, 0.3) is 0 Å². The van der Waals surface area contributed by atoms with Crippen molar-refractivity contribution in [1.29, 1.82) is 0 Å². The van der Waals surface area contributed by atoms with Crippen molar-refractivity contribution in [3.05, 3.63) is 34.4 Å². The molecule has 2 aromatic rings. The Morgan fingerprint density at radius 1 is 1.38 bits per heavy atom. The van der Waals surface area contributed by atoms with Gasteiger partial charge in [0.1, 0.15) is 5.82 Å². The van der Waals surface area contributed by atoms with Crippen molar-refractivity contribution in [2.24, 2.45) is 0 Å². The van der Waals surface area contributed by atoms with E-state index in [1.165, 1.54) is 6.20 Å². The Labute approximate surface area is 148 Å². The summed E-state index contributed by atoms with van der Waals surface area (Å²) in [6.07, 6.45) is 2.13. The first-order valence-corrected chi connectivity index (χ1v) is 8.52. The normalized spacial score (nSPS) is 22.8. The SMILES string of the molecule is CC1(O)CCN(c2cc3c(cc2F)c(=O)c(OC(=O)O)cn3C2CC2)C1. The van der Waals surface area contributed by atoms with Gasteiger partial charge in [0, 0.05) is 19.1 Å². The van der Waals surface area contributed by atoms with Gasteiger partial charge in [-0.2, -0.15) is 0 Å². The summed E-state index contributed by atoms with van der Waals surface area (Å²) in [6.45, 7) is 2.54. The fraction of sp³-hybridized carbons (Fsp3) is 0.444. The van der Waals surface area contributed by atoms with Gasteiger partial charge in [0.2, 0.25) is 5.43 Å². The summed E-state index contributed by atoms with van der Waals surface area (Å²) in [5.74, 6) is -0.907. The number of carboxylic acid groups (broad SMARTS) is 1. The predicted octanol–water partition coefficient (Wildman–Crippen LogP) is 2.49. The number of rotatable bonds is 3. The van der Waals surface area contributed by atoms with E-state index in [1.807, 2.05) is 0 Å². The van der Waals surface area contributed by atoms with E-state index in [0.29, 0.717) is 30.7 Å². The van der Waals surface area contributed by atoms with Gasteiger partial charge in [-0.05, 0) is 38.3 Å². The number of aliphatic hydroxyl groups is 1.